The van der Waals surface area contributed by atoms with E-state index >= 15 is 0 Å². The van der Waals surface area contributed by atoms with Gasteiger partial charge in [-0.1, -0.05) is 6.92 Å². The lowest BCUT2D eigenvalue weighted by molar-refractivity contribution is 0.509. The number of aromatic nitrogens is 3. The van der Waals surface area contributed by atoms with Crippen LogP contribution in [0, 0.1) is 12.8 Å². The highest BCUT2D eigenvalue weighted by molar-refractivity contribution is 7.19. The fraction of sp³-hybridized carbons (Fsp3) is 0.471. The van der Waals surface area contributed by atoms with Crippen molar-refractivity contribution in [2.75, 3.05) is 11.9 Å². The zero-order valence-corrected chi connectivity index (χ0v) is 15.3. The topological polar surface area (TPSA) is 41.9 Å². The molecule has 0 radical (unpaired) electrons. The van der Waals surface area contributed by atoms with Crippen LogP contribution >= 0.6 is 22.7 Å². The van der Waals surface area contributed by atoms with Gasteiger partial charge in [0.15, 0.2) is 0 Å². The van der Waals surface area contributed by atoms with E-state index in [9.17, 15) is 0 Å². The highest BCUT2D eigenvalue weighted by Gasteiger charge is 2.24. The van der Waals surface area contributed by atoms with E-state index in [1.54, 1.807) is 17.7 Å². The summed E-state index contributed by atoms with van der Waals surface area (Å²) in [6, 6.07) is 0. The van der Waals surface area contributed by atoms with Gasteiger partial charge in [0.2, 0.25) is 0 Å². The van der Waals surface area contributed by atoms with E-state index < -0.39 is 0 Å². The van der Waals surface area contributed by atoms with Gasteiger partial charge in [0, 0.05) is 23.0 Å². The van der Waals surface area contributed by atoms with Gasteiger partial charge >= 0.3 is 0 Å². The molecule has 3 aromatic rings. The molecule has 1 aliphatic carbocycles. The SMILES string of the molecule is Cc1ncc(CN(C)c2ncnc3sc4c(c23)CC[C@@H](C)C4)s1. The lowest BCUT2D eigenvalue weighted by atomic mass is 9.89. The number of hydrogen-bond donors (Lipinski definition) is 0. The van der Waals surface area contributed by atoms with Crippen LogP contribution in [0.2, 0.25) is 0 Å². The van der Waals surface area contributed by atoms with Gasteiger partial charge in [0.1, 0.15) is 17.0 Å². The van der Waals surface area contributed by atoms with Crippen molar-refractivity contribution < 1.29 is 0 Å². The molecular weight excluding hydrogens is 324 g/mol. The third-order valence-corrected chi connectivity index (χ3v) is 6.56. The van der Waals surface area contributed by atoms with Crippen LogP contribution in [-0.2, 0) is 19.4 Å². The first-order chi connectivity index (χ1) is 11.1. The second-order valence-electron chi connectivity index (χ2n) is 6.43. The van der Waals surface area contributed by atoms with E-state index in [1.165, 1.54) is 33.5 Å². The lowest BCUT2D eigenvalue weighted by Gasteiger charge is -2.21. The number of aryl methyl sites for hydroxylation is 2. The summed E-state index contributed by atoms with van der Waals surface area (Å²) in [6.07, 6.45) is 7.29. The van der Waals surface area contributed by atoms with Gasteiger partial charge in [-0.15, -0.1) is 22.7 Å². The summed E-state index contributed by atoms with van der Waals surface area (Å²) in [5.74, 6) is 1.85. The maximum atomic E-state index is 4.61. The minimum atomic E-state index is 0.782. The molecule has 4 rings (SSSR count). The Hall–Kier alpha value is -1.53. The monoisotopic (exact) mass is 344 g/mol. The maximum absolute atomic E-state index is 4.61. The Bertz CT molecular complexity index is 852. The van der Waals surface area contributed by atoms with Gasteiger partial charge in [-0.3, -0.25) is 0 Å². The third kappa shape index (κ3) is 2.74. The number of anilines is 1. The quantitative estimate of drug-likeness (QED) is 0.713. The summed E-state index contributed by atoms with van der Waals surface area (Å²) in [5, 5.41) is 2.39. The Morgan fingerprint density at radius 1 is 1.26 bits per heavy atom. The average Bonchev–Trinajstić information content (AvgIpc) is 3.09. The largest absolute Gasteiger partial charge is 0.354 e. The molecule has 23 heavy (non-hydrogen) atoms. The smallest absolute Gasteiger partial charge is 0.141 e. The highest BCUT2D eigenvalue weighted by Crippen LogP contribution is 2.40. The molecule has 6 heteroatoms. The lowest BCUT2D eigenvalue weighted by Crippen LogP contribution is -2.18. The van der Waals surface area contributed by atoms with Crippen LogP contribution in [0.5, 0.6) is 0 Å². The van der Waals surface area contributed by atoms with Crippen LogP contribution in [0.15, 0.2) is 12.5 Å². The van der Waals surface area contributed by atoms with E-state index in [2.05, 4.69) is 33.8 Å². The number of nitrogens with zero attached hydrogens (tertiary/aromatic N) is 4. The molecule has 3 heterocycles. The van der Waals surface area contributed by atoms with Crippen LogP contribution in [0.1, 0.15) is 33.7 Å². The molecule has 3 aromatic heterocycles. The van der Waals surface area contributed by atoms with Crippen LogP contribution in [0.4, 0.5) is 5.82 Å². The van der Waals surface area contributed by atoms with Gasteiger partial charge in [-0.2, -0.15) is 0 Å². The first-order valence-corrected chi connectivity index (χ1v) is 9.63. The molecule has 1 aliphatic rings. The fourth-order valence-corrected chi connectivity index (χ4v) is 5.53. The van der Waals surface area contributed by atoms with E-state index in [1.807, 2.05) is 24.5 Å². The van der Waals surface area contributed by atoms with Gasteiger partial charge in [0.05, 0.1) is 16.9 Å². The molecule has 0 bridgehead atoms. The van der Waals surface area contributed by atoms with Gasteiger partial charge in [0.25, 0.3) is 0 Å². The zero-order valence-electron chi connectivity index (χ0n) is 13.7. The molecule has 4 nitrogen and oxygen atoms in total. The van der Waals surface area contributed by atoms with Crippen LogP contribution in [0.25, 0.3) is 10.2 Å². The second-order valence-corrected chi connectivity index (χ2v) is 8.83. The molecule has 0 aliphatic heterocycles. The minimum Gasteiger partial charge on any atom is -0.354 e. The Labute approximate surface area is 144 Å². The van der Waals surface area contributed by atoms with E-state index in [0.29, 0.717) is 0 Å². The van der Waals surface area contributed by atoms with E-state index in [4.69, 9.17) is 0 Å². The highest BCUT2D eigenvalue weighted by atomic mass is 32.1. The van der Waals surface area contributed by atoms with Crippen molar-refractivity contribution in [3.63, 3.8) is 0 Å². The summed E-state index contributed by atoms with van der Waals surface area (Å²) in [5.41, 5.74) is 1.49. The molecule has 0 saturated heterocycles. The summed E-state index contributed by atoms with van der Waals surface area (Å²) in [7, 11) is 2.12. The molecule has 0 unspecified atom stereocenters. The molecule has 120 valence electrons. The molecule has 1 atom stereocenters. The molecule has 0 spiro atoms. The van der Waals surface area contributed by atoms with Crippen LogP contribution < -0.4 is 4.90 Å². The van der Waals surface area contributed by atoms with Crippen molar-refractivity contribution in [2.24, 2.45) is 5.92 Å². The summed E-state index contributed by atoms with van der Waals surface area (Å²) in [4.78, 5) is 19.7. The third-order valence-electron chi connectivity index (χ3n) is 4.50. The van der Waals surface area contributed by atoms with E-state index in [0.717, 1.165) is 34.5 Å². The normalized spacial score (nSPS) is 17.4. The number of hydrogen-bond acceptors (Lipinski definition) is 6. The summed E-state index contributed by atoms with van der Waals surface area (Å²) < 4.78 is 0. The van der Waals surface area contributed by atoms with Crippen molar-refractivity contribution in [1.82, 2.24) is 15.0 Å². The van der Waals surface area contributed by atoms with Crippen molar-refractivity contribution in [1.29, 1.82) is 0 Å². The Kier molecular flexibility index (Phi) is 3.81. The molecule has 0 aromatic carbocycles. The Morgan fingerprint density at radius 2 is 2.13 bits per heavy atom. The van der Waals surface area contributed by atoms with Crippen molar-refractivity contribution >= 4 is 38.7 Å². The number of rotatable bonds is 3. The van der Waals surface area contributed by atoms with Gasteiger partial charge < -0.3 is 4.90 Å². The predicted molar refractivity (Wildman–Crippen MR) is 97.6 cm³/mol. The Morgan fingerprint density at radius 3 is 2.91 bits per heavy atom. The van der Waals surface area contributed by atoms with Crippen LogP contribution in [-0.4, -0.2) is 22.0 Å². The average molecular weight is 345 g/mol. The fourth-order valence-electron chi connectivity index (χ4n) is 3.33. The van der Waals surface area contributed by atoms with Crippen molar-refractivity contribution in [3.05, 3.63) is 32.8 Å². The molecule has 0 saturated carbocycles. The maximum Gasteiger partial charge on any atom is 0.141 e. The van der Waals surface area contributed by atoms with Crippen molar-refractivity contribution in [3.8, 4) is 0 Å². The second kappa shape index (κ2) is 5.83. The first kappa shape index (κ1) is 15.0. The first-order valence-electron chi connectivity index (χ1n) is 7.99. The van der Waals surface area contributed by atoms with Gasteiger partial charge in [-0.05, 0) is 37.7 Å². The summed E-state index contributed by atoms with van der Waals surface area (Å²) >= 11 is 3.61. The summed E-state index contributed by atoms with van der Waals surface area (Å²) in [6.45, 7) is 5.24. The molecule has 0 amide bonds. The van der Waals surface area contributed by atoms with E-state index in [-0.39, 0.29) is 0 Å². The van der Waals surface area contributed by atoms with Crippen LogP contribution in [0.3, 0.4) is 0 Å². The number of thiazole rings is 1. The zero-order chi connectivity index (χ0) is 16.0. The minimum absolute atomic E-state index is 0.782. The molecular formula is C17H20N4S2. The number of fused-ring (bicyclic) bond motifs is 3. The molecule has 0 N–H and O–H groups in total. The van der Waals surface area contributed by atoms with Gasteiger partial charge in [-0.25, -0.2) is 15.0 Å². The Balaban J connectivity index is 1.74. The number of thiophene rings is 1. The predicted octanol–water partition coefficient (Wildman–Crippen LogP) is 4.22. The molecule has 0 fully saturated rings. The van der Waals surface area contributed by atoms with Crippen molar-refractivity contribution in [2.45, 2.75) is 39.7 Å². The standard InChI is InChI=1S/C17H20N4S2/c1-10-4-5-13-14(6-10)23-17-15(13)16(19-9-20-17)21(3)8-12-7-18-11(2)22-12/h7,9-10H,4-6,8H2,1-3H3/t10-/m1/s1.